The van der Waals surface area contributed by atoms with Crippen LogP contribution in [0.1, 0.15) is 15.9 Å². The summed E-state index contributed by atoms with van der Waals surface area (Å²) in [6.07, 6.45) is 1.60. The molecule has 3 nitrogen and oxygen atoms in total. The van der Waals surface area contributed by atoms with Gasteiger partial charge in [0.25, 0.3) is 0 Å². The molecule has 0 aliphatic rings. The summed E-state index contributed by atoms with van der Waals surface area (Å²) in [7, 11) is 0. The van der Waals surface area contributed by atoms with Gasteiger partial charge >= 0.3 is 0 Å². The molecule has 14 heavy (non-hydrogen) atoms. The number of rotatable bonds is 1. The molecule has 0 unspecified atom stereocenters. The van der Waals surface area contributed by atoms with Gasteiger partial charge in [-0.3, -0.25) is 9.78 Å². The minimum atomic E-state index is -0.414. The van der Waals surface area contributed by atoms with Crippen molar-refractivity contribution in [2.24, 2.45) is 5.73 Å². The lowest BCUT2D eigenvalue weighted by molar-refractivity contribution is 0.100. The van der Waals surface area contributed by atoms with Crippen LogP contribution in [0, 0.1) is 6.92 Å². The number of carbonyl (C=O) groups excluding carboxylic acids is 1. The van der Waals surface area contributed by atoms with Gasteiger partial charge in [-0.05, 0) is 25.1 Å². The summed E-state index contributed by atoms with van der Waals surface area (Å²) < 4.78 is 0. The van der Waals surface area contributed by atoms with Crippen molar-refractivity contribution < 1.29 is 4.79 Å². The van der Waals surface area contributed by atoms with Gasteiger partial charge in [0, 0.05) is 11.6 Å². The Morgan fingerprint density at radius 2 is 2.14 bits per heavy atom. The predicted molar refractivity (Wildman–Crippen MR) is 55.0 cm³/mol. The molecular formula is C11H10N2O. The van der Waals surface area contributed by atoms with Gasteiger partial charge in [0.05, 0.1) is 11.1 Å². The summed E-state index contributed by atoms with van der Waals surface area (Å²) >= 11 is 0. The molecule has 0 aliphatic carbocycles. The first-order valence-electron chi connectivity index (χ1n) is 4.33. The van der Waals surface area contributed by atoms with E-state index in [0.717, 1.165) is 16.5 Å². The number of pyridine rings is 1. The van der Waals surface area contributed by atoms with Crippen LogP contribution < -0.4 is 5.73 Å². The van der Waals surface area contributed by atoms with Gasteiger partial charge in [-0.2, -0.15) is 0 Å². The van der Waals surface area contributed by atoms with E-state index in [1.807, 2.05) is 25.1 Å². The Morgan fingerprint density at radius 1 is 1.36 bits per heavy atom. The first-order chi connectivity index (χ1) is 6.68. The topological polar surface area (TPSA) is 56.0 Å². The quantitative estimate of drug-likeness (QED) is 0.736. The lowest BCUT2D eigenvalue weighted by Crippen LogP contribution is -2.11. The van der Waals surface area contributed by atoms with Crippen molar-refractivity contribution in [2.45, 2.75) is 6.92 Å². The number of fused-ring (bicyclic) bond motifs is 1. The van der Waals surface area contributed by atoms with Crippen LogP contribution in [0.5, 0.6) is 0 Å². The van der Waals surface area contributed by atoms with Gasteiger partial charge in [-0.25, -0.2) is 0 Å². The molecule has 0 aliphatic heterocycles. The zero-order valence-corrected chi connectivity index (χ0v) is 7.82. The van der Waals surface area contributed by atoms with Crippen molar-refractivity contribution in [1.82, 2.24) is 4.98 Å². The number of hydrogen-bond acceptors (Lipinski definition) is 2. The predicted octanol–water partition coefficient (Wildman–Crippen LogP) is 1.64. The van der Waals surface area contributed by atoms with Crippen molar-refractivity contribution in [2.75, 3.05) is 0 Å². The largest absolute Gasteiger partial charge is 0.366 e. The summed E-state index contributed by atoms with van der Waals surface area (Å²) in [6, 6.07) is 7.41. The Kier molecular flexibility index (Phi) is 1.93. The Balaban J connectivity index is 2.84. The maximum atomic E-state index is 11.1. The summed E-state index contributed by atoms with van der Waals surface area (Å²) in [5, 5.41) is 0.819. The van der Waals surface area contributed by atoms with Crippen LogP contribution in [0.2, 0.25) is 0 Å². The Labute approximate surface area is 81.6 Å². The Morgan fingerprint density at radius 3 is 2.86 bits per heavy atom. The van der Waals surface area contributed by atoms with E-state index in [4.69, 9.17) is 5.73 Å². The SMILES string of the molecule is Cc1ccc2nccc(C(N)=O)c2c1. The van der Waals surface area contributed by atoms with Crippen molar-refractivity contribution in [3.63, 3.8) is 0 Å². The second kappa shape index (κ2) is 3.10. The standard InChI is InChI=1S/C11H10N2O/c1-7-2-3-10-9(6-7)8(11(12)14)4-5-13-10/h2-6H,1H3,(H2,12,14). The van der Waals surface area contributed by atoms with Crippen LogP contribution in [-0.2, 0) is 0 Å². The first kappa shape index (κ1) is 8.69. The van der Waals surface area contributed by atoms with Crippen LogP contribution in [0.4, 0.5) is 0 Å². The highest BCUT2D eigenvalue weighted by atomic mass is 16.1. The summed E-state index contributed by atoms with van der Waals surface area (Å²) in [6.45, 7) is 1.97. The fraction of sp³-hybridized carbons (Fsp3) is 0.0909. The lowest BCUT2D eigenvalue weighted by Gasteiger charge is -2.02. The first-order valence-corrected chi connectivity index (χ1v) is 4.33. The molecule has 70 valence electrons. The van der Waals surface area contributed by atoms with Gasteiger partial charge in [-0.15, -0.1) is 0 Å². The number of aryl methyl sites for hydroxylation is 1. The monoisotopic (exact) mass is 186 g/mol. The molecular weight excluding hydrogens is 176 g/mol. The van der Waals surface area contributed by atoms with E-state index in [0.29, 0.717) is 5.56 Å². The molecule has 1 aromatic heterocycles. The number of benzene rings is 1. The average molecular weight is 186 g/mol. The maximum Gasteiger partial charge on any atom is 0.249 e. The number of nitrogens with zero attached hydrogens (tertiary/aromatic N) is 1. The second-order valence-electron chi connectivity index (χ2n) is 3.24. The molecule has 3 heteroatoms. The summed E-state index contributed by atoms with van der Waals surface area (Å²) in [5.74, 6) is -0.414. The molecule has 1 amide bonds. The lowest BCUT2D eigenvalue weighted by atomic mass is 10.1. The highest BCUT2D eigenvalue weighted by Crippen LogP contribution is 2.17. The number of aromatic nitrogens is 1. The molecule has 0 radical (unpaired) electrons. The summed E-state index contributed by atoms with van der Waals surface area (Å²) in [5.41, 5.74) is 7.68. The van der Waals surface area contributed by atoms with Crippen LogP contribution in [0.25, 0.3) is 10.9 Å². The van der Waals surface area contributed by atoms with Crippen LogP contribution in [0.3, 0.4) is 0 Å². The van der Waals surface area contributed by atoms with Gasteiger partial charge in [0.2, 0.25) is 5.91 Å². The Hall–Kier alpha value is -1.90. The third kappa shape index (κ3) is 1.33. The van der Waals surface area contributed by atoms with E-state index >= 15 is 0 Å². The van der Waals surface area contributed by atoms with Crippen LogP contribution in [0.15, 0.2) is 30.5 Å². The molecule has 0 saturated carbocycles. The van der Waals surface area contributed by atoms with Gasteiger partial charge < -0.3 is 5.73 Å². The van der Waals surface area contributed by atoms with E-state index in [9.17, 15) is 4.79 Å². The third-order valence-corrected chi connectivity index (χ3v) is 2.16. The van der Waals surface area contributed by atoms with Crippen LogP contribution in [-0.4, -0.2) is 10.9 Å². The molecule has 0 atom stereocenters. The highest BCUT2D eigenvalue weighted by Gasteiger charge is 2.06. The van der Waals surface area contributed by atoms with Crippen LogP contribution >= 0.6 is 0 Å². The molecule has 2 aromatic rings. The van der Waals surface area contributed by atoms with E-state index in [-0.39, 0.29) is 0 Å². The van der Waals surface area contributed by atoms with Crippen molar-refractivity contribution in [3.05, 3.63) is 41.6 Å². The molecule has 0 fully saturated rings. The maximum absolute atomic E-state index is 11.1. The number of amides is 1. The fourth-order valence-corrected chi connectivity index (χ4v) is 1.47. The van der Waals surface area contributed by atoms with Crippen molar-refractivity contribution in [3.8, 4) is 0 Å². The molecule has 0 spiro atoms. The number of primary amides is 1. The minimum absolute atomic E-state index is 0.414. The molecule has 1 heterocycles. The fourth-order valence-electron chi connectivity index (χ4n) is 1.47. The van der Waals surface area contributed by atoms with Gasteiger partial charge in [0.1, 0.15) is 0 Å². The third-order valence-electron chi connectivity index (χ3n) is 2.16. The van der Waals surface area contributed by atoms with E-state index in [1.54, 1.807) is 12.3 Å². The molecule has 2 rings (SSSR count). The molecule has 0 bridgehead atoms. The van der Waals surface area contributed by atoms with Crippen molar-refractivity contribution in [1.29, 1.82) is 0 Å². The molecule has 0 saturated heterocycles. The zero-order chi connectivity index (χ0) is 10.1. The van der Waals surface area contributed by atoms with Gasteiger partial charge in [-0.1, -0.05) is 11.6 Å². The number of nitrogens with two attached hydrogens (primary N) is 1. The average Bonchev–Trinajstić information content (AvgIpc) is 2.16. The highest BCUT2D eigenvalue weighted by molar-refractivity contribution is 6.05. The zero-order valence-electron chi connectivity index (χ0n) is 7.82. The van der Waals surface area contributed by atoms with E-state index in [1.165, 1.54) is 0 Å². The van der Waals surface area contributed by atoms with Crippen molar-refractivity contribution >= 4 is 16.8 Å². The molecule has 2 N–H and O–H groups in total. The number of hydrogen-bond donors (Lipinski definition) is 1. The summed E-state index contributed by atoms with van der Waals surface area (Å²) in [4.78, 5) is 15.3. The van der Waals surface area contributed by atoms with Gasteiger partial charge in [0.15, 0.2) is 0 Å². The van der Waals surface area contributed by atoms with E-state index in [2.05, 4.69) is 4.98 Å². The molecule has 1 aromatic carbocycles. The smallest absolute Gasteiger partial charge is 0.249 e. The Bertz CT molecular complexity index is 506. The number of carbonyl (C=O) groups is 1. The second-order valence-corrected chi connectivity index (χ2v) is 3.24. The van der Waals surface area contributed by atoms with E-state index < -0.39 is 5.91 Å². The minimum Gasteiger partial charge on any atom is -0.366 e. The normalized spacial score (nSPS) is 10.4.